The van der Waals surface area contributed by atoms with E-state index in [0.29, 0.717) is 55.3 Å². The van der Waals surface area contributed by atoms with Crippen LogP contribution in [-0.4, -0.2) is 32.2 Å². The molecule has 1 N–H and O–H groups in total. The van der Waals surface area contributed by atoms with Crippen molar-refractivity contribution in [3.8, 4) is 0 Å². The standard InChI is InChI=1S/C21H23FN2O3/c1-14-12-17(14)20-6-3-16(27-20)4-7-21(25)23-15-2-5-19(18(22)13-15)24-8-10-26-11-9-24/h2-7,13-14,17H,8-12H2,1H3,(H,23,25)/b7-4+. The molecule has 1 saturated heterocycles. The highest BCUT2D eigenvalue weighted by atomic mass is 19.1. The Morgan fingerprint density at radius 3 is 2.74 bits per heavy atom. The second-order valence-corrected chi connectivity index (χ2v) is 7.15. The first-order chi connectivity index (χ1) is 13.1. The summed E-state index contributed by atoms with van der Waals surface area (Å²) in [5.74, 6) is 2.12. The smallest absolute Gasteiger partial charge is 0.248 e. The summed E-state index contributed by atoms with van der Waals surface area (Å²) >= 11 is 0. The van der Waals surface area contributed by atoms with Gasteiger partial charge in [0.25, 0.3) is 0 Å². The Balaban J connectivity index is 1.36. The molecule has 2 atom stereocenters. The van der Waals surface area contributed by atoms with E-state index in [9.17, 15) is 9.18 Å². The van der Waals surface area contributed by atoms with E-state index in [1.165, 1.54) is 12.1 Å². The van der Waals surface area contributed by atoms with Gasteiger partial charge in [-0.3, -0.25) is 4.79 Å². The Kier molecular flexibility index (Phi) is 4.99. The quantitative estimate of drug-likeness (QED) is 0.808. The fraction of sp³-hybridized carbons (Fsp3) is 0.381. The largest absolute Gasteiger partial charge is 0.461 e. The highest BCUT2D eigenvalue weighted by molar-refractivity contribution is 6.01. The number of furan rings is 1. The number of nitrogens with one attached hydrogen (secondary N) is 1. The molecule has 1 amide bonds. The van der Waals surface area contributed by atoms with Crippen molar-refractivity contribution in [3.05, 3.63) is 53.7 Å². The van der Waals surface area contributed by atoms with Gasteiger partial charge in [0, 0.05) is 30.8 Å². The normalized spacial score (nSPS) is 22.2. The zero-order valence-corrected chi connectivity index (χ0v) is 15.3. The van der Waals surface area contributed by atoms with Crippen molar-refractivity contribution in [3.63, 3.8) is 0 Å². The Morgan fingerprint density at radius 1 is 1.26 bits per heavy atom. The number of carbonyl (C=O) groups is 1. The van der Waals surface area contributed by atoms with Crippen LogP contribution in [0.1, 0.15) is 30.8 Å². The number of halogens is 1. The predicted molar refractivity (Wildman–Crippen MR) is 102 cm³/mol. The van der Waals surface area contributed by atoms with E-state index in [1.54, 1.807) is 18.2 Å². The third-order valence-corrected chi connectivity index (χ3v) is 5.09. The lowest BCUT2D eigenvalue weighted by atomic mass is 10.2. The maximum Gasteiger partial charge on any atom is 0.248 e. The molecule has 27 heavy (non-hydrogen) atoms. The molecule has 2 aliphatic rings. The van der Waals surface area contributed by atoms with E-state index >= 15 is 0 Å². The number of anilines is 2. The molecule has 1 saturated carbocycles. The van der Waals surface area contributed by atoms with E-state index in [1.807, 2.05) is 17.0 Å². The first-order valence-electron chi connectivity index (χ1n) is 9.31. The van der Waals surface area contributed by atoms with Crippen LogP contribution in [0.3, 0.4) is 0 Å². The van der Waals surface area contributed by atoms with Crippen LogP contribution >= 0.6 is 0 Å². The van der Waals surface area contributed by atoms with Gasteiger partial charge in [-0.2, -0.15) is 0 Å². The lowest BCUT2D eigenvalue weighted by Gasteiger charge is -2.29. The van der Waals surface area contributed by atoms with Crippen LogP contribution in [0.25, 0.3) is 6.08 Å². The SMILES string of the molecule is CC1CC1c1ccc(/C=C/C(=O)Nc2ccc(N3CCOCC3)c(F)c2)o1. The highest BCUT2D eigenvalue weighted by Gasteiger charge is 2.36. The number of hydrogen-bond acceptors (Lipinski definition) is 4. The van der Waals surface area contributed by atoms with Crippen LogP contribution in [0.5, 0.6) is 0 Å². The molecule has 1 aromatic carbocycles. The monoisotopic (exact) mass is 370 g/mol. The van der Waals surface area contributed by atoms with Crippen LogP contribution < -0.4 is 10.2 Å². The third-order valence-electron chi connectivity index (χ3n) is 5.09. The first kappa shape index (κ1) is 17.8. The summed E-state index contributed by atoms with van der Waals surface area (Å²) in [6.45, 7) is 4.71. The van der Waals surface area contributed by atoms with E-state index in [4.69, 9.17) is 9.15 Å². The topological polar surface area (TPSA) is 54.7 Å². The summed E-state index contributed by atoms with van der Waals surface area (Å²) in [7, 11) is 0. The Morgan fingerprint density at radius 2 is 2.04 bits per heavy atom. The predicted octanol–water partition coefficient (Wildman–Crippen LogP) is 4.03. The third kappa shape index (κ3) is 4.22. The molecule has 5 nitrogen and oxygen atoms in total. The van der Waals surface area contributed by atoms with Gasteiger partial charge in [0.05, 0.1) is 18.9 Å². The summed E-state index contributed by atoms with van der Waals surface area (Å²) in [6.07, 6.45) is 4.18. The lowest BCUT2D eigenvalue weighted by Crippen LogP contribution is -2.36. The number of benzene rings is 1. The molecule has 142 valence electrons. The van der Waals surface area contributed by atoms with E-state index in [2.05, 4.69) is 12.2 Å². The van der Waals surface area contributed by atoms with Gasteiger partial charge in [-0.15, -0.1) is 0 Å². The average molecular weight is 370 g/mol. The van der Waals surface area contributed by atoms with Crippen LogP contribution in [0.2, 0.25) is 0 Å². The van der Waals surface area contributed by atoms with Gasteiger partial charge >= 0.3 is 0 Å². The molecule has 2 aromatic rings. The van der Waals surface area contributed by atoms with Gasteiger partial charge in [-0.1, -0.05) is 6.92 Å². The molecule has 2 heterocycles. The maximum atomic E-state index is 14.4. The molecular formula is C21H23FN2O3. The summed E-state index contributed by atoms with van der Waals surface area (Å²) < 4.78 is 25.4. The molecule has 2 fully saturated rings. The Hall–Kier alpha value is -2.60. The lowest BCUT2D eigenvalue weighted by molar-refractivity contribution is -0.111. The molecule has 2 unspecified atom stereocenters. The van der Waals surface area contributed by atoms with Gasteiger partial charge in [0.1, 0.15) is 17.3 Å². The summed E-state index contributed by atoms with van der Waals surface area (Å²) in [5, 5.41) is 2.68. The number of hydrogen-bond donors (Lipinski definition) is 1. The number of amides is 1. The number of carbonyl (C=O) groups excluding carboxylic acids is 1. The van der Waals surface area contributed by atoms with Crippen molar-refractivity contribution >= 4 is 23.4 Å². The van der Waals surface area contributed by atoms with Crippen molar-refractivity contribution < 1.29 is 18.3 Å². The van der Waals surface area contributed by atoms with E-state index < -0.39 is 0 Å². The average Bonchev–Trinajstić information content (AvgIpc) is 3.21. The number of ether oxygens (including phenoxy) is 1. The minimum Gasteiger partial charge on any atom is -0.461 e. The van der Waals surface area contributed by atoms with Crippen molar-refractivity contribution in [2.45, 2.75) is 19.3 Å². The highest BCUT2D eigenvalue weighted by Crippen LogP contribution is 2.47. The molecule has 1 aliphatic heterocycles. The van der Waals surface area contributed by atoms with Crippen molar-refractivity contribution in [1.29, 1.82) is 0 Å². The molecule has 4 rings (SSSR count). The van der Waals surface area contributed by atoms with Crippen molar-refractivity contribution in [2.24, 2.45) is 5.92 Å². The second kappa shape index (κ2) is 7.56. The maximum absolute atomic E-state index is 14.4. The molecule has 1 aromatic heterocycles. The zero-order chi connectivity index (χ0) is 18.8. The van der Waals surface area contributed by atoms with E-state index in [-0.39, 0.29) is 11.7 Å². The van der Waals surface area contributed by atoms with Crippen molar-refractivity contribution in [1.82, 2.24) is 0 Å². The van der Waals surface area contributed by atoms with Gasteiger partial charge in [0.2, 0.25) is 5.91 Å². The molecule has 0 bridgehead atoms. The first-order valence-corrected chi connectivity index (χ1v) is 9.31. The Labute approximate surface area is 157 Å². The second-order valence-electron chi connectivity index (χ2n) is 7.15. The summed E-state index contributed by atoms with van der Waals surface area (Å²) in [5.41, 5.74) is 0.954. The van der Waals surface area contributed by atoms with Gasteiger partial charge in [-0.25, -0.2) is 4.39 Å². The number of nitrogens with zero attached hydrogens (tertiary/aromatic N) is 1. The number of morpholine rings is 1. The minimum absolute atomic E-state index is 0.328. The molecule has 1 aliphatic carbocycles. The summed E-state index contributed by atoms with van der Waals surface area (Å²) in [4.78, 5) is 14.0. The van der Waals surface area contributed by atoms with Crippen molar-refractivity contribution in [2.75, 3.05) is 36.5 Å². The van der Waals surface area contributed by atoms with Crippen LogP contribution in [0.4, 0.5) is 15.8 Å². The van der Waals surface area contributed by atoms with Gasteiger partial charge < -0.3 is 19.4 Å². The molecule has 6 heteroatoms. The fourth-order valence-electron chi connectivity index (χ4n) is 3.36. The fourth-order valence-corrected chi connectivity index (χ4v) is 3.36. The molecule has 0 radical (unpaired) electrons. The zero-order valence-electron chi connectivity index (χ0n) is 15.3. The minimum atomic E-state index is -0.354. The van der Waals surface area contributed by atoms with Gasteiger partial charge in [-0.05, 0) is 48.7 Å². The van der Waals surface area contributed by atoms with E-state index in [0.717, 1.165) is 12.2 Å². The van der Waals surface area contributed by atoms with Crippen LogP contribution in [0.15, 0.2) is 40.8 Å². The van der Waals surface area contributed by atoms with Gasteiger partial charge in [0.15, 0.2) is 0 Å². The summed E-state index contributed by atoms with van der Waals surface area (Å²) in [6, 6.07) is 8.57. The van der Waals surface area contributed by atoms with Crippen LogP contribution in [0, 0.1) is 11.7 Å². The van der Waals surface area contributed by atoms with Crippen LogP contribution in [-0.2, 0) is 9.53 Å². The molecular weight excluding hydrogens is 347 g/mol. The number of rotatable bonds is 5. The Bertz CT molecular complexity index is 855. The molecule has 0 spiro atoms.